The predicted molar refractivity (Wildman–Crippen MR) is 115 cm³/mol. The fourth-order valence-corrected chi connectivity index (χ4v) is 3.92. The SMILES string of the molecule is O=C(O)CCCCCCC(=O)NC1CCN(C(=O)OCc2cc(Cl)cc(Cl)c2)CC1. The topological polar surface area (TPSA) is 95.9 Å². The minimum Gasteiger partial charge on any atom is -0.481 e. The van der Waals surface area contributed by atoms with Crippen LogP contribution in [0.1, 0.15) is 56.9 Å². The number of likely N-dealkylation sites (tertiary alicyclic amines) is 1. The summed E-state index contributed by atoms with van der Waals surface area (Å²) in [5.74, 6) is -0.774. The first kappa shape index (κ1) is 24.3. The van der Waals surface area contributed by atoms with Crippen molar-refractivity contribution in [2.45, 2.75) is 64.0 Å². The summed E-state index contributed by atoms with van der Waals surface area (Å²) in [6, 6.07) is 5.08. The van der Waals surface area contributed by atoms with Crippen LogP contribution in [0.5, 0.6) is 0 Å². The number of benzene rings is 1. The van der Waals surface area contributed by atoms with Crippen molar-refractivity contribution in [3.63, 3.8) is 0 Å². The smallest absolute Gasteiger partial charge is 0.410 e. The number of nitrogens with one attached hydrogen (secondary N) is 1. The predicted octanol–water partition coefficient (Wildman–Crippen LogP) is 4.64. The minimum atomic E-state index is -0.781. The zero-order valence-corrected chi connectivity index (χ0v) is 18.4. The lowest BCUT2D eigenvalue weighted by atomic mass is 10.0. The number of halogens is 2. The van der Waals surface area contributed by atoms with Gasteiger partial charge in [-0.2, -0.15) is 0 Å². The van der Waals surface area contributed by atoms with Crippen LogP contribution in [0.3, 0.4) is 0 Å². The van der Waals surface area contributed by atoms with Crippen molar-refractivity contribution in [3.8, 4) is 0 Å². The second-order valence-corrected chi connectivity index (χ2v) is 8.34. The van der Waals surface area contributed by atoms with Crippen molar-refractivity contribution < 1.29 is 24.2 Å². The molecule has 1 aromatic carbocycles. The number of unbranched alkanes of at least 4 members (excludes halogenated alkanes) is 3. The largest absolute Gasteiger partial charge is 0.481 e. The number of carboxylic acids is 1. The third-order valence-corrected chi connectivity index (χ3v) is 5.38. The van der Waals surface area contributed by atoms with E-state index in [4.69, 9.17) is 33.0 Å². The van der Waals surface area contributed by atoms with Crippen molar-refractivity contribution in [2.24, 2.45) is 0 Å². The van der Waals surface area contributed by atoms with Crippen LogP contribution in [0.4, 0.5) is 4.79 Å². The molecular weight excluding hydrogens is 431 g/mol. The monoisotopic (exact) mass is 458 g/mol. The van der Waals surface area contributed by atoms with Gasteiger partial charge in [0.25, 0.3) is 0 Å². The summed E-state index contributed by atoms with van der Waals surface area (Å²) in [6.07, 6.45) is 4.67. The number of nitrogens with zero attached hydrogens (tertiary/aromatic N) is 1. The number of aliphatic carboxylic acids is 1. The fraction of sp³-hybridized carbons (Fsp3) is 0.571. The first-order valence-electron chi connectivity index (χ1n) is 10.2. The first-order chi connectivity index (χ1) is 14.3. The molecule has 7 nitrogen and oxygen atoms in total. The average Bonchev–Trinajstić information content (AvgIpc) is 2.68. The van der Waals surface area contributed by atoms with E-state index in [1.165, 1.54) is 0 Å². The van der Waals surface area contributed by atoms with Crippen molar-refractivity contribution in [1.82, 2.24) is 10.2 Å². The molecule has 0 aliphatic carbocycles. The molecule has 0 radical (unpaired) electrons. The van der Waals surface area contributed by atoms with Gasteiger partial charge in [-0.1, -0.05) is 36.0 Å². The van der Waals surface area contributed by atoms with E-state index in [0.29, 0.717) is 48.8 Å². The van der Waals surface area contributed by atoms with Gasteiger partial charge in [0.2, 0.25) is 5.91 Å². The van der Waals surface area contributed by atoms with Gasteiger partial charge in [-0.25, -0.2) is 4.79 Å². The van der Waals surface area contributed by atoms with Gasteiger partial charge in [0.15, 0.2) is 0 Å². The Labute approximate surface area is 186 Å². The van der Waals surface area contributed by atoms with Crippen LogP contribution in [0.2, 0.25) is 10.0 Å². The van der Waals surface area contributed by atoms with Gasteiger partial charge in [-0.05, 0) is 49.4 Å². The summed E-state index contributed by atoms with van der Waals surface area (Å²) in [6.45, 7) is 1.15. The lowest BCUT2D eigenvalue weighted by Crippen LogP contribution is -2.46. The molecule has 0 bridgehead atoms. The van der Waals surface area contributed by atoms with E-state index < -0.39 is 12.1 Å². The van der Waals surface area contributed by atoms with E-state index in [1.807, 2.05) is 0 Å². The number of amides is 2. The summed E-state index contributed by atoms with van der Waals surface area (Å²) in [7, 11) is 0. The molecule has 0 saturated carbocycles. The number of ether oxygens (including phenoxy) is 1. The zero-order valence-electron chi connectivity index (χ0n) is 16.9. The van der Waals surface area contributed by atoms with E-state index in [1.54, 1.807) is 23.1 Å². The Morgan fingerprint density at radius 1 is 1.00 bits per heavy atom. The van der Waals surface area contributed by atoms with E-state index >= 15 is 0 Å². The van der Waals surface area contributed by atoms with Gasteiger partial charge in [0.1, 0.15) is 6.61 Å². The van der Waals surface area contributed by atoms with Crippen LogP contribution in [0, 0.1) is 0 Å². The molecule has 0 spiro atoms. The van der Waals surface area contributed by atoms with Gasteiger partial charge in [-0.15, -0.1) is 0 Å². The highest BCUT2D eigenvalue weighted by atomic mass is 35.5. The standard InChI is InChI=1S/C21H28Cl2N2O5/c22-16-11-15(12-17(23)13-16)14-30-21(29)25-9-7-18(8-10-25)24-19(26)5-3-1-2-4-6-20(27)28/h11-13,18H,1-10,14H2,(H,24,26)(H,27,28). The zero-order chi connectivity index (χ0) is 21.9. The Morgan fingerprint density at radius 2 is 1.60 bits per heavy atom. The van der Waals surface area contributed by atoms with Crippen molar-refractivity contribution >= 4 is 41.2 Å². The lowest BCUT2D eigenvalue weighted by Gasteiger charge is -2.31. The molecule has 1 aromatic rings. The third kappa shape index (κ3) is 9.22. The molecule has 1 fully saturated rings. The van der Waals surface area contributed by atoms with Gasteiger partial charge < -0.3 is 20.1 Å². The molecule has 9 heteroatoms. The molecular formula is C21H28Cl2N2O5. The first-order valence-corrected chi connectivity index (χ1v) is 11.0. The van der Waals surface area contributed by atoms with Gasteiger partial charge in [0, 0.05) is 42.0 Å². The van der Waals surface area contributed by atoms with Gasteiger partial charge >= 0.3 is 12.1 Å². The van der Waals surface area contributed by atoms with Crippen LogP contribution in [-0.2, 0) is 20.9 Å². The highest BCUT2D eigenvalue weighted by Crippen LogP contribution is 2.20. The van der Waals surface area contributed by atoms with Gasteiger partial charge in [-0.3, -0.25) is 9.59 Å². The number of hydrogen-bond acceptors (Lipinski definition) is 4. The van der Waals surface area contributed by atoms with Crippen LogP contribution in [0.15, 0.2) is 18.2 Å². The second-order valence-electron chi connectivity index (χ2n) is 7.47. The van der Waals surface area contributed by atoms with Gasteiger partial charge in [0.05, 0.1) is 0 Å². The van der Waals surface area contributed by atoms with Crippen molar-refractivity contribution in [3.05, 3.63) is 33.8 Å². The summed E-state index contributed by atoms with van der Waals surface area (Å²) in [5.41, 5.74) is 0.728. The number of carboxylic acid groups (broad SMARTS) is 1. The lowest BCUT2D eigenvalue weighted by molar-refractivity contribution is -0.137. The molecule has 166 valence electrons. The average molecular weight is 459 g/mol. The Morgan fingerprint density at radius 3 is 2.20 bits per heavy atom. The fourth-order valence-electron chi connectivity index (χ4n) is 3.35. The third-order valence-electron chi connectivity index (χ3n) is 4.95. The Hall–Kier alpha value is -1.99. The second kappa shape index (κ2) is 12.6. The highest BCUT2D eigenvalue weighted by Gasteiger charge is 2.24. The molecule has 30 heavy (non-hydrogen) atoms. The molecule has 1 heterocycles. The number of rotatable bonds is 10. The molecule has 1 aliphatic rings. The Bertz CT molecular complexity index is 716. The normalized spacial score (nSPS) is 14.4. The van der Waals surface area contributed by atoms with Crippen LogP contribution >= 0.6 is 23.2 Å². The quantitative estimate of drug-likeness (QED) is 0.497. The molecule has 2 N–H and O–H groups in total. The summed E-state index contributed by atoms with van der Waals surface area (Å²) in [5, 5.41) is 12.6. The molecule has 2 amide bonds. The number of hydrogen-bond donors (Lipinski definition) is 2. The maximum Gasteiger partial charge on any atom is 0.410 e. The molecule has 0 atom stereocenters. The van der Waals surface area contributed by atoms with E-state index in [-0.39, 0.29) is 25.0 Å². The van der Waals surface area contributed by atoms with Crippen LogP contribution in [-0.4, -0.2) is 47.1 Å². The number of carbonyl (C=O) groups is 3. The molecule has 0 unspecified atom stereocenters. The van der Waals surface area contributed by atoms with E-state index in [2.05, 4.69) is 5.32 Å². The molecule has 0 aromatic heterocycles. The highest BCUT2D eigenvalue weighted by molar-refractivity contribution is 6.34. The Balaban J connectivity index is 1.60. The molecule has 1 aliphatic heterocycles. The molecule has 2 rings (SSSR count). The summed E-state index contributed by atoms with van der Waals surface area (Å²) >= 11 is 11.9. The maximum atomic E-state index is 12.3. The Kier molecular flexibility index (Phi) is 10.2. The number of piperidine rings is 1. The van der Waals surface area contributed by atoms with E-state index in [9.17, 15) is 14.4 Å². The van der Waals surface area contributed by atoms with Crippen LogP contribution in [0.25, 0.3) is 0 Å². The van der Waals surface area contributed by atoms with Crippen LogP contribution < -0.4 is 5.32 Å². The molecule has 1 saturated heterocycles. The summed E-state index contributed by atoms with van der Waals surface area (Å²) < 4.78 is 5.34. The van der Waals surface area contributed by atoms with E-state index in [0.717, 1.165) is 24.8 Å². The number of carbonyl (C=O) groups excluding carboxylic acids is 2. The maximum absolute atomic E-state index is 12.3. The summed E-state index contributed by atoms with van der Waals surface area (Å²) in [4.78, 5) is 36.4. The van der Waals surface area contributed by atoms with Crippen molar-refractivity contribution in [1.29, 1.82) is 0 Å². The minimum absolute atomic E-state index is 0.00657. The van der Waals surface area contributed by atoms with Crippen molar-refractivity contribution in [2.75, 3.05) is 13.1 Å².